The van der Waals surface area contributed by atoms with Crippen LogP contribution in [-0.4, -0.2) is 4.92 Å². The summed E-state index contributed by atoms with van der Waals surface area (Å²) in [6, 6.07) is 9.13. The molecule has 7 heteroatoms. The number of nitrogens with zero attached hydrogens (tertiary/aromatic N) is 1. The van der Waals surface area contributed by atoms with Crippen molar-refractivity contribution in [1.82, 2.24) is 0 Å². The third-order valence-electron chi connectivity index (χ3n) is 2.91. The highest BCUT2D eigenvalue weighted by Crippen LogP contribution is 2.35. The predicted molar refractivity (Wildman–Crippen MR) is 75.3 cm³/mol. The molecule has 2 rings (SSSR count). The van der Waals surface area contributed by atoms with Crippen molar-refractivity contribution in [2.75, 3.05) is 10.7 Å². The second-order valence-corrected chi connectivity index (χ2v) is 4.14. The van der Waals surface area contributed by atoms with Gasteiger partial charge in [0.05, 0.1) is 4.92 Å². The van der Waals surface area contributed by atoms with Crippen molar-refractivity contribution in [3.05, 3.63) is 57.9 Å². The van der Waals surface area contributed by atoms with E-state index in [-0.39, 0.29) is 22.9 Å². The fourth-order valence-electron chi connectivity index (χ4n) is 1.85. The van der Waals surface area contributed by atoms with E-state index in [1.165, 1.54) is 24.3 Å². The molecule has 0 amide bonds. The van der Waals surface area contributed by atoms with E-state index in [4.69, 9.17) is 5.84 Å². The number of nitrogen functional groups attached to an aromatic ring is 1. The van der Waals surface area contributed by atoms with E-state index >= 15 is 0 Å². The summed E-state index contributed by atoms with van der Waals surface area (Å²) in [5.74, 6) is 4.88. The Morgan fingerprint density at radius 3 is 2.40 bits per heavy atom. The Kier molecular flexibility index (Phi) is 3.81. The summed E-state index contributed by atoms with van der Waals surface area (Å²) < 4.78 is 13.5. The first-order valence-corrected chi connectivity index (χ1v) is 5.80. The molecule has 4 N–H and O–H groups in total. The van der Waals surface area contributed by atoms with Crippen LogP contribution >= 0.6 is 0 Å². The number of hydrogen-bond acceptors (Lipinski definition) is 5. The van der Waals surface area contributed by atoms with Crippen LogP contribution in [0.4, 0.5) is 27.1 Å². The summed E-state index contributed by atoms with van der Waals surface area (Å²) in [5.41, 5.74) is 3.33. The Balaban J connectivity index is 2.48. The molecule has 2 aromatic rings. The molecule has 6 nitrogen and oxygen atoms in total. The van der Waals surface area contributed by atoms with Crippen molar-refractivity contribution >= 4 is 22.7 Å². The zero-order valence-corrected chi connectivity index (χ0v) is 10.7. The average molecular weight is 276 g/mol. The van der Waals surface area contributed by atoms with Crippen LogP contribution in [0.1, 0.15) is 5.56 Å². The van der Waals surface area contributed by atoms with Crippen LogP contribution in [0, 0.1) is 22.9 Å². The molecule has 0 spiro atoms. The first kappa shape index (κ1) is 13.8. The van der Waals surface area contributed by atoms with Crippen LogP contribution in [0.3, 0.4) is 0 Å². The lowest BCUT2D eigenvalue weighted by Crippen LogP contribution is -2.10. The number of nitrogens with two attached hydrogens (primary N) is 1. The van der Waals surface area contributed by atoms with E-state index in [1.807, 2.05) is 0 Å². The van der Waals surface area contributed by atoms with Crippen LogP contribution in [0.15, 0.2) is 36.4 Å². The van der Waals surface area contributed by atoms with Gasteiger partial charge in [-0.3, -0.25) is 16.0 Å². The highest BCUT2D eigenvalue weighted by atomic mass is 19.1. The number of para-hydroxylation sites is 1. The molecule has 20 heavy (non-hydrogen) atoms. The number of nitrogens with one attached hydrogen (secondary N) is 2. The molecule has 0 aliphatic heterocycles. The first-order valence-electron chi connectivity index (χ1n) is 5.80. The second-order valence-electron chi connectivity index (χ2n) is 4.14. The van der Waals surface area contributed by atoms with Gasteiger partial charge in [-0.1, -0.05) is 12.1 Å². The number of hydrazine groups is 1. The average Bonchev–Trinajstić information content (AvgIpc) is 2.43. The van der Waals surface area contributed by atoms with E-state index in [0.29, 0.717) is 11.3 Å². The van der Waals surface area contributed by atoms with Crippen molar-refractivity contribution < 1.29 is 9.31 Å². The van der Waals surface area contributed by atoms with E-state index in [2.05, 4.69) is 10.7 Å². The quantitative estimate of drug-likeness (QED) is 0.453. The van der Waals surface area contributed by atoms with Gasteiger partial charge in [0, 0.05) is 11.3 Å². The summed E-state index contributed by atoms with van der Waals surface area (Å²) in [6.45, 7) is 1.59. The minimum atomic E-state index is -0.549. The van der Waals surface area contributed by atoms with Gasteiger partial charge >= 0.3 is 5.69 Å². The molecule has 0 unspecified atom stereocenters. The maximum atomic E-state index is 13.5. The third kappa shape index (κ3) is 2.52. The Morgan fingerprint density at radius 2 is 1.75 bits per heavy atom. The molecule has 0 saturated carbocycles. The molecular formula is C13H13FN4O2. The molecule has 0 heterocycles. The van der Waals surface area contributed by atoms with Crippen LogP contribution in [-0.2, 0) is 0 Å². The first-order chi connectivity index (χ1) is 9.54. The van der Waals surface area contributed by atoms with Gasteiger partial charge in [0.2, 0.25) is 0 Å². The van der Waals surface area contributed by atoms with Crippen molar-refractivity contribution in [2.45, 2.75) is 6.92 Å². The highest BCUT2D eigenvalue weighted by molar-refractivity contribution is 5.80. The van der Waals surface area contributed by atoms with Crippen LogP contribution in [0.5, 0.6) is 0 Å². The van der Waals surface area contributed by atoms with Gasteiger partial charge in [-0.25, -0.2) is 4.39 Å². The third-order valence-corrected chi connectivity index (χ3v) is 2.91. The molecule has 0 radical (unpaired) electrons. The smallest absolute Gasteiger partial charge is 0.316 e. The molecular weight excluding hydrogens is 263 g/mol. The molecule has 0 atom stereocenters. The van der Waals surface area contributed by atoms with Gasteiger partial charge in [-0.05, 0) is 31.2 Å². The Bertz CT molecular complexity index is 661. The van der Waals surface area contributed by atoms with Crippen molar-refractivity contribution in [1.29, 1.82) is 0 Å². The topological polar surface area (TPSA) is 93.2 Å². The minimum Gasteiger partial charge on any atom is -0.350 e. The van der Waals surface area contributed by atoms with E-state index in [0.717, 1.165) is 0 Å². The highest BCUT2D eigenvalue weighted by Gasteiger charge is 2.19. The Morgan fingerprint density at radius 1 is 1.15 bits per heavy atom. The van der Waals surface area contributed by atoms with Crippen molar-refractivity contribution in [3.8, 4) is 0 Å². The lowest BCUT2D eigenvalue weighted by molar-refractivity contribution is -0.383. The predicted octanol–water partition coefficient (Wildman–Crippen LogP) is 3.07. The fraction of sp³-hybridized carbons (Fsp3) is 0.0769. The zero-order chi connectivity index (χ0) is 14.7. The van der Waals surface area contributed by atoms with Crippen molar-refractivity contribution in [2.24, 2.45) is 5.84 Å². The van der Waals surface area contributed by atoms with Crippen molar-refractivity contribution in [3.63, 3.8) is 0 Å². The zero-order valence-electron chi connectivity index (χ0n) is 10.7. The standard InChI is InChI=1S/C13H13FN4O2/c1-8-9(14)4-2-5-10(8)16-11-6-3-7-12(17-15)13(11)18(19)20/h2-7,16-17H,15H2,1H3. The van der Waals surface area contributed by atoms with Crippen LogP contribution in [0.25, 0.3) is 0 Å². The van der Waals surface area contributed by atoms with Gasteiger partial charge in [0.15, 0.2) is 0 Å². The van der Waals surface area contributed by atoms with Gasteiger partial charge in [0.1, 0.15) is 17.2 Å². The largest absolute Gasteiger partial charge is 0.350 e. The minimum absolute atomic E-state index is 0.175. The number of anilines is 3. The monoisotopic (exact) mass is 276 g/mol. The Labute approximate surface area is 114 Å². The molecule has 104 valence electrons. The summed E-state index contributed by atoms with van der Waals surface area (Å²) in [4.78, 5) is 10.6. The molecule has 0 bridgehead atoms. The van der Waals surface area contributed by atoms with Gasteiger partial charge in [-0.15, -0.1) is 0 Å². The molecule has 0 aromatic heterocycles. The van der Waals surface area contributed by atoms with E-state index in [9.17, 15) is 14.5 Å². The maximum absolute atomic E-state index is 13.5. The maximum Gasteiger partial charge on any atom is 0.316 e. The molecule has 0 aliphatic rings. The summed E-state index contributed by atoms with van der Waals surface area (Å²) >= 11 is 0. The normalized spacial score (nSPS) is 10.2. The molecule has 0 aliphatic carbocycles. The van der Waals surface area contributed by atoms with Gasteiger partial charge < -0.3 is 10.7 Å². The Hall–Kier alpha value is -2.67. The number of benzene rings is 2. The number of rotatable bonds is 4. The second kappa shape index (κ2) is 5.54. The number of hydrogen-bond donors (Lipinski definition) is 3. The number of nitro groups is 1. The SMILES string of the molecule is Cc1c(F)cccc1Nc1cccc(NN)c1[N+](=O)[O-]. The fourth-order valence-corrected chi connectivity index (χ4v) is 1.85. The van der Waals surface area contributed by atoms with Crippen LogP contribution in [0.2, 0.25) is 0 Å². The molecule has 0 saturated heterocycles. The summed E-state index contributed by atoms with van der Waals surface area (Å²) in [5, 5.41) is 14.0. The number of halogens is 1. The van der Waals surface area contributed by atoms with Gasteiger partial charge in [-0.2, -0.15) is 0 Å². The molecule has 2 aromatic carbocycles. The van der Waals surface area contributed by atoms with E-state index < -0.39 is 4.92 Å². The lowest BCUT2D eigenvalue weighted by atomic mass is 10.1. The van der Waals surface area contributed by atoms with Crippen LogP contribution < -0.4 is 16.6 Å². The summed E-state index contributed by atoms with van der Waals surface area (Å²) in [7, 11) is 0. The molecule has 0 fully saturated rings. The van der Waals surface area contributed by atoms with Gasteiger partial charge in [0.25, 0.3) is 0 Å². The lowest BCUT2D eigenvalue weighted by Gasteiger charge is -2.12. The number of nitro benzene ring substituents is 1. The summed E-state index contributed by atoms with van der Waals surface area (Å²) in [6.07, 6.45) is 0. The van der Waals surface area contributed by atoms with E-state index in [1.54, 1.807) is 19.1 Å².